The summed E-state index contributed by atoms with van der Waals surface area (Å²) in [7, 11) is 0. The van der Waals surface area contributed by atoms with Crippen LogP contribution in [0.4, 0.5) is 5.69 Å². The maximum Gasteiger partial charge on any atom is 0.257 e. The van der Waals surface area contributed by atoms with Crippen molar-refractivity contribution in [2.75, 3.05) is 38.2 Å². The number of nitrogens with zero attached hydrogens (tertiary/aromatic N) is 1. The highest BCUT2D eigenvalue weighted by molar-refractivity contribution is 6.02. The molecule has 2 amide bonds. The van der Waals surface area contributed by atoms with Crippen molar-refractivity contribution in [3.8, 4) is 5.75 Å². The minimum absolute atomic E-state index is 0.0782. The summed E-state index contributed by atoms with van der Waals surface area (Å²) in [5.41, 5.74) is 0.478. The van der Waals surface area contributed by atoms with E-state index in [1.54, 1.807) is 0 Å². The first-order valence-corrected chi connectivity index (χ1v) is 7.29. The Morgan fingerprint density at radius 2 is 2.26 bits per heavy atom. The number of nitrogens with one attached hydrogen (secondary N) is 1. The third-order valence-corrected chi connectivity index (χ3v) is 3.56. The standard InChI is InChI=1S/C16H20N2O5/c1-2-15(21)17-12-3-4-14(20)13(7-12)16(22)18-5-6-23-10-11(8-18)9-19/h2-4,7,11,19-20H,1,5-6,8-10H2,(H,17,21). The van der Waals surface area contributed by atoms with Gasteiger partial charge in [-0.15, -0.1) is 0 Å². The Morgan fingerprint density at radius 3 is 2.96 bits per heavy atom. The largest absolute Gasteiger partial charge is 0.507 e. The van der Waals surface area contributed by atoms with E-state index in [4.69, 9.17) is 4.74 Å². The van der Waals surface area contributed by atoms with Gasteiger partial charge in [-0.3, -0.25) is 9.59 Å². The molecule has 1 aromatic carbocycles. The van der Waals surface area contributed by atoms with Crippen molar-refractivity contribution in [1.82, 2.24) is 4.90 Å². The Labute approximate surface area is 134 Å². The molecule has 0 radical (unpaired) electrons. The molecule has 1 saturated heterocycles. The third-order valence-electron chi connectivity index (χ3n) is 3.56. The lowest BCUT2D eigenvalue weighted by atomic mass is 10.1. The molecule has 0 aromatic heterocycles. The number of phenolic OH excluding ortho intramolecular Hbond substituents is 1. The maximum atomic E-state index is 12.6. The zero-order valence-electron chi connectivity index (χ0n) is 12.7. The van der Waals surface area contributed by atoms with Gasteiger partial charge in [-0.2, -0.15) is 0 Å². The second-order valence-corrected chi connectivity index (χ2v) is 5.30. The SMILES string of the molecule is C=CC(=O)Nc1ccc(O)c(C(=O)N2CCOCC(CO)C2)c1. The van der Waals surface area contributed by atoms with Crippen LogP contribution in [0, 0.1) is 5.92 Å². The second-order valence-electron chi connectivity index (χ2n) is 5.30. The average Bonchev–Trinajstić information content (AvgIpc) is 2.81. The van der Waals surface area contributed by atoms with E-state index < -0.39 is 5.91 Å². The molecule has 124 valence electrons. The molecule has 1 heterocycles. The van der Waals surface area contributed by atoms with Gasteiger partial charge in [0.25, 0.3) is 5.91 Å². The number of rotatable bonds is 4. The number of hydrogen-bond donors (Lipinski definition) is 3. The molecular weight excluding hydrogens is 300 g/mol. The average molecular weight is 320 g/mol. The molecule has 0 bridgehead atoms. The summed E-state index contributed by atoms with van der Waals surface area (Å²) in [5, 5.41) is 21.8. The summed E-state index contributed by atoms with van der Waals surface area (Å²) in [4.78, 5) is 25.5. The number of carbonyl (C=O) groups is 2. The summed E-state index contributed by atoms with van der Waals surface area (Å²) < 4.78 is 5.35. The highest BCUT2D eigenvalue weighted by Gasteiger charge is 2.25. The van der Waals surface area contributed by atoms with E-state index in [0.29, 0.717) is 32.0 Å². The molecular formula is C16H20N2O5. The number of benzene rings is 1. The van der Waals surface area contributed by atoms with E-state index in [1.165, 1.54) is 23.1 Å². The van der Waals surface area contributed by atoms with Crippen LogP contribution in [-0.4, -0.2) is 59.8 Å². The van der Waals surface area contributed by atoms with E-state index >= 15 is 0 Å². The lowest BCUT2D eigenvalue weighted by molar-refractivity contribution is -0.111. The van der Waals surface area contributed by atoms with Gasteiger partial charge in [-0.05, 0) is 24.3 Å². The van der Waals surface area contributed by atoms with E-state index in [-0.39, 0.29) is 29.7 Å². The zero-order valence-corrected chi connectivity index (χ0v) is 12.7. The first-order valence-electron chi connectivity index (χ1n) is 7.29. The quantitative estimate of drug-likeness (QED) is 0.557. The molecule has 0 spiro atoms. The lowest BCUT2D eigenvalue weighted by Gasteiger charge is -2.23. The number of aliphatic hydroxyl groups is 1. The predicted octanol–water partition coefficient (Wildman–Crippen LogP) is 0.598. The highest BCUT2D eigenvalue weighted by atomic mass is 16.5. The molecule has 1 atom stereocenters. The van der Waals surface area contributed by atoms with Crippen LogP contribution in [0.5, 0.6) is 5.75 Å². The first kappa shape index (κ1) is 17.0. The van der Waals surface area contributed by atoms with E-state index in [2.05, 4.69) is 11.9 Å². The summed E-state index contributed by atoms with van der Waals surface area (Å²) in [5.74, 6) is -1.11. The van der Waals surface area contributed by atoms with Gasteiger partial charge in [0.2, 0.25) is 5.91 Å². The van der Waals surface area contributed by atoms with Crippen molar-refractivity contribution in [3.63, 3.8) is 0 Å². The number of ether oxygens (including phenoxy) is 1. The topological polar surface area (TPSA) is 99.1 Å². The van der Waals surface area contributed by atoms with Gasteiger partial charge >= 0.3 is 0 Å². The van der Waals surface area contributed by atoms with Crippen LogP contribution in [0.3, 0.4) is 0 Å². The fourth-order valence-corrected chi connectivity index (χ4v) is 2.32. The Balaban J connectivity index is 2.21. The monoisotopic (exact) mass is 320 g/mol. The third kappa shape index (κ3) is 4.30. The summed E-state index contributed by atoms with van der Waals surface area (Å²) in [6.45, 7) is 4.76. The van der Waals surface area contributed by atoms with Gasteiger partial charge in [-0.1, -0.05) is 6.58 Å². The van der Waals surface area contributed by atoms with Crippen LogP contribution in [0.1, 0.15) is 10.4 Å². The fourth-order valence-electron chi connectivity index (χ4n) is 2.32. The van der Waals surface area contributed by atoms with Gasteiger partial charge < -0.3 is 25.2 Å². The minimum atomic E-state index is -0.405. The molecule has 1 fully saturated rings. The van der Waals surface area contributed by atoms with Gasteiger partial charge in [0, 0.05) is 31.3 Å². The van der Waals surface area contributed by atoms with E-state index in [0.717, 1.165) is 6.08 Å². The van der Waals surface area contributed by atoms with Crippen molar-refractivity contribution in [2.24, 2.45) is 5.92 Å². The van der Waals surface area contributed by atoms with Crippen molar-refractivity contribution < 1.29 is 24.5 Å². The van der Waals surface area contributed by atoms with Gasteiger partial charge in [-0.25, -0.2) is 0 Å². The number of phenols is 1. The van der Waals surface area contributed by atoms with Crippen LogP contribution in [-0.2, 0) is 9.53 Å². The zero-order chi connectivity index (χ0) is 16.8. The lowest BCUT2D eigenvalue weighted by Crippen LogP contribution is -2.36. The van der Waals surface area contributed by atoms with Crippen molar-refractivity contribution >= 4 is 17.5 Å². The number of aliphatic hydroxyl groups excluding tert-OH is 1. The first-order chi connectivity index (χ1) is 11.0. The Bertz CT molecular complexity index is 602. The molecule has 7 heteroatoms. The van der Waals surface area contributed by atoms with Crippen LogP contribution in [0.25, 0.3) is 0 Å². The van der Waals surface area contributed by atoms with Crippen molar-refractivity contribution in [1.29, 1.82) is 0 Å². The molecule has 1 aliphatic rings. The second kappa shape index (κ2) is 7.75. The molecule has 7 nitrogen and oxygen atoms in total. The number of hydrogen-bond acceptors (Lipinski definition) is 5. The molecule has 0 saturated carbocycles. The predicted molar refractivity (Wildman–Crippen MR) is 84.2 cm³/mol. The van der Waals surface area contributed by atoms with E-state index in [9.17, 15) is 19.8 Å². The van der Waals surface area contributed by atoms with E-state index in [1.807, 2.05) is 0 Å². The molecule has 1 unspecified atom stereocenters. The van der Waals surface area contributed by atoms with Crippen LogP contribution in [0.2, 0.25) is 0 Å². The fraction of sp³-hybridized carbons (Fsp3) is 0.375. The summed E-state index contributed by atoms with van der Waals surface area (Å²) >= 11 is 0. The number of carbonyl (C=O) groups excluding carboxylic acids is 2. The molecule has 3 N–H and O–H groups in total. The Morgan fingerprint density at radius 1 is 1.48 bits per heavy atom. The molecule has 1 aromatic rings. The normalized spacial score (nSPS) is 18.1. The number of anilines is 1. The van der Waals surface area contributed by atoms with Gasteiger partial charge in [0.1, 0.15) is 5.75 Å². The Hall–Kier alpha value is -2.38. The van der Waals surface area contributed by atoms with Crippen molar-refractivity contribution in [2.45, 2.75) is 0 Å². The van der Waals surface area contributed by atoms with Gasteiger partial charge in [0.05, 0.1) is 18.8 Å². The Kier molecular flexibility index (Phi) is 5.72. The molecule has 0 aliphatic carbocycles. The molecule has 1 aliphatic heterocycles. The minimum Gasteiger partial charge on any atom is -0.507 e. The van der Waals surface area contributed by atoms with Crippen molar-refractivity contribution in [3.05, 3.63) is 36.4 Å². The van der Waals surface area contributed by atoms with Gasteiger partial charge in [0.15, 0.2) is 0 Å². The number of amides is 2. The highest BCUT2D eigenvalue weighted by Crippen LogP contribution is 2.24. The van der Waals surface area contributed by atoms with Crippen LogP contribution in [0.15, 0.2) is 30.9 Å². The smallest absolute Gasteiger partial charge is 0.257 e. The molecule has 23 heavy (non-hydrogen) atoms. The number of aromatic hydroxyl groups is 1. The maximum absolute atomic E-state index is 12.6. The van der Waals surface area contributed by atoms with Crippen LogP contribution < -0.4 is 5.32 Å². The molecule has 2 rings (SSSR count). The summed E-state index contributed by atoms with van der Waals surface area (Å²) in [6, 6.07) is 4.26. The van der Waals surface area contributed by atoms with Crippen LogP contribution >= 0.6 is 0 Å². The summed E-state index contributed by atoms with van der Waals surface area (Å²) in [6.07, 6.45) is 1.12.